The largest absolute Gasteiger partial charge is 0.473 e. The number of nitro groups is 1. The molecule has 0 amide bonds. The number of non-ortho nitro benzene ring substituents is 1. The van der Waals surface area contributed by atoms with Crippen LogP contribution in [0.1, 0.15) is 31.7 Å². The molecule has 1 aliphatic heterocycles. The molecular weight excluding hydrogens is 344 g/mol. The molecule has 26 heavy (non-hydrogen) atoms. The van der Waals surface area contributed by atoms with E-state index in [1.165, 1.54) is 37.9 Å². The van der Waals surface area contributed by atoms with Crippen molar-refractivity contribution in [2.45, 2.75) is 38.8 Å². The van der Waals surface area contributed by atoms with Crippen molar-refractivity contribution >= 4 is 17.6 Å². The lowest BCUT2D eigenvalue weighted by Crippen LogP contribution is -2.39. The van der Waals surface area contributed by atoms with E-state index in [4.69, 9.17) is 24.5 Å². The third-order valence-corrected chi connectivity index (χ3v) is 4.06. The average molecular weight is 368 g/mol. The van der Waals surface area contributed by atoms with E-state index in [0.29, 0.717) is 19.3 Å². The molecule has 0 spiro atoms. The minimum Gasteiger partial charge on any atom is -0.473 e. The van der Waals surface area contributed by atoms with Crippen LogP contribution in [0.4, 0.5) is 5.69 Å². The van der Waals surface area contributed by atoms with Gasteiger partial charge in [-0.05, 0) is 44.0 Å². The predicted molar refractivity (Wildman–Crippen MR) is 92.9 cm³/mol. The summed E-state index contributed by atoms with van der Waals surface area (Å²) in [5.74, 6) is -3.65. The van der Waals surface area contributed by atoms with Gasteiger partial charge in [-0.1, -0.05) is 6.42 Å². The zero-order valence-corrected chi connectivity index (χ0v) is 14.7. The number of ether oxygens (including phenoxy) is 1. The molecule has 1 aliphatic rings. The topological polar surface area (TPSA) is 130 Å². The molecule has 1 aromatic carbocycles. The lowest BCUT2D eigenvalue weighted by molar-refractivity contribution is -0.384. The van der Waals surface area contributed by atoms with Crippen molar-refractivity contribution in [2.75, 3.05) is 19.7 Å². The van der Waals surface area contributed by atoms with Gasteiger partial charge in [0.05, 0.1) is 18.1 Å². The summed E-state index contributed by atoms with van der Waals surface area (Å²) in [7, 11) is 0. The Kier molecular flexibility index (Phi) is 9.24. The number of benzene rings is 1. The molecule has 0 bridgehead atoms. The molecule has 9 nitrogen and oxygen atoms in total. The summed E-state index contributed by atoms with van der Waals surface area (Å²) in [6.45, 7) is 5.63. The first-order valence-corrected chi connectivity index (χ1v) is 8.32. The SMILES string of the molecule is CC1CCCCN1CCOCc1ccc([N+](=O)[O-])cc1.O=C(O)C(=O)O. The van der Waals surface area contributed by atoms with Gasteiger partial charge in [0.1, 0.15) is 0 Å². The first kappa shape index (κ1) is 21.5. The van der Waals surface area contributed by atoms with Crippen molar-refractivity contribution in [3.63, 3.8) is 0 Å². The van der Waals surface area contributed by atoms with Gasteiger partial charge in [0.2, 0.25) is 0 Å². The van der Waals surface area contributed by atoms with Gasteiger partial charge in [-0.25, -0.2) is 9.59 Å². The van der Waals surface area contributed by atoms with Crippen LogP contribution in [0.25, 0.3) is 0 Å². The van der Waals surface area contributed by atoms with Crippen LogP contribution in [-0.2, 0) is 20.9 Å². The number of piperidine rings is 1. The Balaban J connectivity index is 0.000000487. The highest BCUT2D eigenvalue weighted by Crippen LogP contribution is 2.16. The van der Waals surface area contributed by atoms with Gasteiger partial charge in [-0.15, -0.1) is 0 Å². The Morgan fingerprint density at radius 2 is 1.85 bits per heavy atom. The van der Waals surface area contributed by atoms with Crippen LogP contribution in [0.5, 0.6) is 0 Å². The number of hydrogen-bond donors (Lipinski definition) is 2. The number of carboxylic acids is 2. The molecule has 0 aliphatic carbocycles. The molecule has 1 atom stereocenters. The highest BCUT2D eigenvalue weighted by atomic mass is 16.6. The van der Waals surface area contributed by atoms with Crippen LogP contribution in [0, 0.1) is 10.1 Å². The fourth-order valence-electron chi connectivity index (χ4n) is 2.58. The molecule has 2 N–H and O–H groups in total. The molecule has 1 heterocycles. The summed E-state index contributed by atoms with van der Waals surface area (Å²) in [4.78, 5) is 30.8. The maximum atomic E-state index is 10.5. The Bertz CT molecular complexity index is 592. The van der Waals surface area contributed by atoms with Crippen LogP contribution in [-0.4, -0.2) is 57.7 Å². The quantitative estimate of drug-likeness (QED) is 0.338. The molecule has 0 aromatic heterocycles. The number of carboxylic acid groups (broad SMARTS) is 2. The third-order valence-electron chi connectivity index (χ3n) is 4.06. The fraction of sp³-hybridized carbons (Fsp3) is 0.529. The van der Waals surface area contributed by atoms with Crippen LogP contribution in [0.3, 0.4) is 0 Å². The summed E-state index contributed by atoms with van der Waals surface area (Å²) in [5.41, 5.74) is 1.10. The number of carbonyl (C=O) groups is 2. The highest BCUT2D eigenvalue weighted by Gasteiger charge is 2.17. The van der Waals surface area contributed by atoms with Crippen molar-refractivity contribution in [1.82, 2.24) is 4.90 Å². The van der Waals surface area contributed by atoms with Crippen LogP contribution >= 0.6 is 0 Å². The van der Waals surface area contributed by atoms with Gasteiger partial charge in [-0.3, -0.25) is 15.0 Å². The third kappa shape index (κ3) is 8.04. The second kappa shape index (κ2) is 11.2. The molecule has 1 saturated heterocycles. The summed E-state index contributed by atoms with van der Waals surface area (Å²) in [6, 6.07) is 7.20. The summed E-state index contributed by atoms with van der Waals surface area (Å²) in [6.07, 6.45) is 3.90. The van der Waals surface area contributed by atoms with E-state index in [1.54, 1.807) is 12.1 Å². The summed E-state index contributed by atoms with van der Waals surface area (Å²) >= 11 is 0. The molecule has 1 unspecified atom stereocenters. The molecular formula is C17H24N2O7. The van der Waals surface area contributed by atoms with E-state index in [0.717, 1.165) is 12.1 Å². The van der Waals surface area contributed by atoms with Gasteiger partial charge < -0.3 is 14.9 Å². The van der Waals surface area contributed by atoms with Gasteiger partial charge >= 0.3 is 11.9 Å². The maximum Gasteiger partial charge on any atom is 0.414 e. The second-order valence-electron chi connectivity index (χ2n) is 5.97. The fourth-order valence-corrected chi connectivity index (χ4v) is 2.58. The van der Waals surface area contributed by atoms with Gasteiger partial charge in [0.25, 0.3) is 5.69 Å². The van der Waals surface area contributed by atoms with E-state index in [2.05, 4.69) is 11.8 Å². The maximum absolute atomic E-state index is 10.5. The van der Waals surface area contributed by atoms with E-state index < -0.39 is 11.9 Å². The van der Waals surface area contributed by atoms with E-state index in [-0.39, 0.29) is 10.6 Å². The van der Waals surface area contributed by atoms with Crippen molar-refractivity contribution < 1.29 is 29.5 Å². The molecule has 1 aromatic rings. The van der Waals surface area contributed by atoms with Crippen molar-refractivity contribution in [3.8, 4) is 0 Å². The van der Waals surface area contributed by atoms with Crippen LogP contribution in [0.15, 0.2) is 24.3 Å². The normalized spacial score (nSPS) is 17.0. The summed E-state index contributed by atoms with van der Waals surface area (Å²) < 4.78 is 5.66. The lowest BCUT2D eigenvalue weighted by Gasteiger charge is -2.33. The monoisotopic (exact) mass is 368 g/mol. The van der Waals surface area contributed by atoms with Crippen LogP contribution < -0.4 is 0 Å². The van der Waals surface area contributed by atoms with Crippen molar-refractivity contribution in [1.29, 1.82) is 0 Å². The van der Waals surface area contributed by atoms with Gasteiger partial charge in [0.15, 0.2) is 0 Å². The minimum absolute atomic E-state index is 0.121. The number of hydrogen-bond acceptors (Lipinski definition) is 6. The van der Waals surface area contributed by atoms with Gasteiger partial charge in [0, 0.05) is 24.7 Å². The highest BCUT2D eigenvalue weighted by molar-refractivity contribution is 6.27. The zero-order chi connectivity index (χ0) is 19.5. The molecule has 1 fully saturated rings. The molecule has 2 rings (SSSR count). The number of rotatable bonds is 6. The molecule has 0 radical (unpaired) electrons. The average Bonchev–Trinajstić information content (AvgIpc) is 2.61. The zero-order valence-electron chi connectivity index (χ0n) is 14.7. The smallest absolute Gasteiger partial charge is 0.414 e. The van der Waals surface area contributed by atoms with Crippen molar-refractivity contribution in [3.05, 3.63) is 39.9 Å². The van der Waals surface area contributed by atoms with Crippen LogP contribution in [0.2, 0.25) is 0 Å². The Hall–Kier alpha value is -2.52. The lowest BCUT2D eigenvalue weighted by atomic mass is 10.0. The standard InChI is InChI=1S/C15H22N2O3.C2H2O4/c1-13-4-2-3-9-16(13)10-11-20-12-14-5-7-15(8-6-14)17(18)19;3-1(4)2(5)6/h5-8,13H,2-4,9-12H2,1H3;(H,3,4)(H,5,6). The number of likely N-dealkylation sites (tertiary alicyclic amines) is 1. The predicted octanol–water partition coefficient (Wildman–Crippen LogP) is 2.14. The molecule has 9 heteroatoms. The Morgan fingerprint density at radius 3 is 2.35 bits per heavy atom. The van der Waals surface area contributed by atoms with E-state index >= 15 is 0 Å². The Morgan fingerprint density at radius 1 is 1.23 bits per heavy atom. The number of aliphatic carboxylic acids is 2. The first-order valence-electron chi connectivity index (χ1n) is 8.32. The van der Waals surface area contributed by atoms with E-state index in [1.807, 2.05) is 0 Å². The van der Waals surface area contributed by atoms with E-state index in [9.17, 15) is 10.1 Å². The van der Waals surface area contributed by atoms with Gasteiger partial charge in [-0.2, -0.15) is 0 Å². The second-order valence-corrected chi connectivity index (χ2v) is 5.97. The first-order chi connectivity index (χ1) is 12.3. The molecule has 144 valence electrons. The summed E-state index contributed by atoms with van der Waals surface area (Å²) in [5, 5.41) is 25.3. The number of nitrogens with zero attached hydrogens (tertiary/aromatic N) is 2. The molecule has 0 saturated carbocycles. The minimum atomic E-state index is -1.82. The number of nitro benzene ring substituents is 1. The van der Waals surface area contributed by atoms with Crippen molar-refractivity contribution in [2.24, 2.45) is 0 Å². The Labute approximate surface area is 151 Å².